The maximum Gasteiger partial charge on any atom is 0.226 e. The van der Waals surface area contributed by atoms with Crippen molar-refractivity contribution in [2.75, 3.05) is 24.3 Å². The van der Waals surface area contributed by atoms with Crippen LogP contribution in [0.3, 0.4) is 0 Å². The number of H-pyrrole nitrogens is 1. The number of anilines is 2. The van der Waals surface area contributed by atoms with Gasteiger partial charge in [0.2, 0.25) is 5.95 Å². The molecular weight excluding hydrogens is 256 g/mol. The van der Waals surface area contributed by atoms with Crippen LogP contribution in [0, 0.1) is 0 Å². The van der Waals surface area contributed by atoms with Crippen LogP contribution in [0.1, 0.15) is 26.2 Å². The van der Waals surface area contributed by atoms with E-state index in [-0.39, 0.29) is 0 Å². The maximum absolute atomic E-state index is 5.30. The number of hydrogen-bond acceptors (Lipinski definition) is 6. The summed E-state index contributed by atoms with van der Waals surface area (Å²) < 4.78 is 5.30. The highest BCUT2D eigenvalue weighted by molar-refractivity contribution is 5.83. The molecule has 108 valence electrons. The van der Waals surface area contributed by atoms with Gasteiger partial charge in [-0.1, -0.05) is 6.92 Å². The third-order valence-corrected chi connectivity index (χ3v) is 3.59. The molecule has 7 nitrogen and oxygen atoms in total. The van der Waals surface area contributed by atoms with Crippen molar-refractivity contribution in [2.24, 2.45) is 0 Å². The molecule has 0 spiro atoms. The van der Waals surface area contributed by atoms with Gasteiger partial charge in [-0.3, -0.25) is 0 Å². The predicted molar refractivity (Wildman–Crippen MR) is 77.9 cm³/mol. The molecule has 0 unspecified atom stereocenters. The Morgan fingerprint density at radius 3 is 3.00 bits per heavy atom. The quantitative estimate of drug-likeness (QED) is 0.745. The Morgan fingerprint density at radius 1 is 1.40 bits per heavy atom. The molecule has 0 saturated heterocycles. The Morgan fingerprint density at radius 2 is 2.25 bits per heavy atom. The molecule has 0 aromatic carbocycles. The van der Waals surface area contributed by atoms with Gasteiger partial charge >= 0.3 is 0 Å². The number of hydrogen-bond donors (Lipinski definition) is 3. The van der Waals surface area contributed by atoms with E-state index in [1.807, 2.05) is 0 Å². The average Bonchev–Trinajstić information content (AvgIpc) is 2.88. The first-order valence-electron chi connectivity index (χ1n) is 7.04. The van der Waals surface area contributed by atoms with E-state index in [9.17, 15) is 0 Å². The van der Waals surface area contributed by atoms with Crippen LogP contribution in [0.2, 0.25) is 0 Å². The van der Waals surface area contributed by atoms with Crippen molar-refractivity contribution < 1.29 is 4.74 Å². The molecular formula is C13H20N6O. The number of imidazole rings is 1. The van der Waals surface area contributed by atoms with E-state index in [4.69, 9.17) is 4.74 Å². The lowest BCUT2D eigenvalue weighted by Gasteiger charge is -2.34. The SMILES string of the molecule is CCCNc1nc(NC2CC(OC)C2)c2[nH]cnc2n1. The molecule has 7 heteroatoms. The van der Waals surface area contributed by atoms with Crippen LogP contribution in [-0.4, -0.2) is 45.7 Å². The van der Waals surface area contributed by atoms with Crippen LogP contribution in [0.5, 0.6) is 0 Å². The minimum absolute atomic E-state index is 0.365. The van der Waals surface area contributed by atoms with Crippen LogP contribution in [-0.2, 0) is 4.74 Å². The van der Waals surface area contributed by atoms with E-state index in [2.05, 4.69) is 37.5 Å². The Balaban J connectivity index is 1.79. The molecule has 1 aliphatic carbocycles. The van der Waals surface area contributed by atoms with Crippen molar-refractivity contribution in [3.05, 3.63) is 6.33 Å². The fourth-order valence-corrected chi connectivity index (χ4v) is 2.32. The van der Waals surface area contributed by atoms with Gasteiger partial charge in [0.05, 0.1) is 12.4 Å². The lowest BCUT2D eigenvalue weighted by atomic mass is 9.89. The summed E-state index contributed by atoms with van der Waals surface area (Å²) in [6.07, 6.45) is 5.06. The molecule has 3 rings (SSSR count). The van der Waals surface area contributed by atoms with Crippen molar-refractivity contribution in [1.29, 1.82) is 0 Å². The van der Waals surface area contributed by atoms with E-state index in [0.717, 1.165) is 37.1 Å². The second kappa shape index (κ2) is 5.62. The summed E-state index contributed by atoms with van der Waals surface area (Å²) in [7, 11) is 1.76. The van der Waals surface area contributed by atoms with Gasteiger partial charge in [-0.05, 0) is 19.3 Å². The number of methoxy groups -OCH3 is 1. The molecule has 1 saturated carbocycles. The predicted octanol–water partition coefficient (Wildman–Crippen LogP) is 1.76. The third kappa shape index (κ3) is 2.53. The van der Waals surface area contributed by atoms with Crippen LogP contribution < -0.4 is 10.6 Å². The van der Waals surface area contributed by atoms with Gasteiger partial charge in [-0.2, -0.15) is 9.97 Å². The minimum atomic E-state index is 0.365. The summed E-state index contributed by atoms with van der Waals surface area (Å²) >= 11 is 0. The molecule has 20 heavy (non-hydrogen) atoms. The summed E-state index contributed by atoms with van der Waals surface area (Å²) in [6.45, 7) is 2.96. The number of fused-ring (bicyclic) bond motifs is 1. The zero-order chi connectivity index (χ0) is 13.9. The normalized spacial score (nSPS) is 21.7. The van der Waals surface area contributed by atoms with Crippen molar-refractivity contribution in [3.8, 4) is 0 Å². The first kappa shape index (κ1) is 13.1. The summed E-state index contributed by atoms with van der Waals surface area (Å²) in [4.78, 5) is 16.2. The Kier molecular flexibility index (Phi) is 3.68. The monoisotopic (exact) mass is 276 g/mol. The Bertz CT molecular complexity index is 577. The van der Waals surface area contributed by atoms with Gasteiger partial charge in [0.15, 0.2) is 11.5 Å². The van der Waals surface area contributed by atoms with E-state index in [1.54, 1.807) is 13.4 Å². The summed E-state index contributed by atoms with van der Waals surface area (Å²) in [5.74, 6) is 1.43. The second-order valence-corrected chi connectivity index (χ2v) is 5.09. The fraction of sp³-hybridized carbons (Fsp3) is 0.615. The molecule has 2 heterocycles. The van der Waals surface area contributed by atoms with Crippen LogP contribution in [0.4, 0.5) is 11.8 Å². The van der Waals surface area contributed by atoms with Gasteiger partial charge in [0.25, 0.3) is 0 Å². The third-order valence-electron chi connectivity index (χ3n) is 3.59. The van der Waals surface area contributed by atoms with Gasteiger partial charge in [0, 0.05) is 19.7 Å². The Hall–Kier alpha value is -1.89. The van der Waals surface area contributed by atoms with E-state index in [0.29, 0.717) is 23.7 Å². The maximum atomic E-state index is 5.30. The summed E-state index contributed by atoms with van der Waals surface area (Å²) in [5.41, 5.74) is 1.54. The largest absolute Gasteiger partial charge is 0.381 e. The zero-order valence-corrected chi connectivity index (χ0v) is 11.8. The van der Waals surface area contributed by atoms with Gasteiger partial charge < -0.3 is 20.4 Å². The lowest BCUT2D eigenvalue weighted by Crippen LogP contribution is -2.40. The molecule has 3 N–H and O–H groups in total. The van der Waals surface area contributed by atoms with Gasteiger partial charge in [-0.15, -0.1) is 0 Å². The highest BCUT2D eigenvalue weighted by Crippen LogP contribution is 2.28. The summed E-state index contributed by atoms with van der Waals surface area (Å²) in [6, 6.07) is 0.403. The van der Waals surface area contributed by atoms with Crippen molar-refractivity contribution >= 4 is 22.9 Å². The van der Waals surface area contributed by atoms with Crippen LogP contribution in [0.25, 0.3) is 11.2 Å². The number of rotatable bonds is 6. The van der Waals surface area contributed by atoms with Gasteiger partial charge in [0.1, 0.15) is 5.52 Å². The topological polar surface area (TPSA) is 87.8 Å². The molecule has 1 fully saturated rings. The highest BCUT2D eigenvalue weighted by atomic mass is 16.5. The molecule has 2 aromatic rings. The number of aromatic amines is 1. The van der Waals surface area contributed by atoms with Crippen LogP contribution in [0.15, 0.2) is 6.33 Å². The van der Waals surface area contributed by atoms with Crippen LogP contribution >= 0.6 is 0 Å². The zero-order valence-electron chi connectivity index (χ0n) is 11.8. The average molecular weight is 276 g/mol. The van der Waals surface area contributed by atoms with E-state index < -0.39 is 0 Å². The fourth-order valence-electron chi connectivity index (χ4n) is 2.32. The number of nitrogens with zero attached hydrogens (tertiary/aromatic N) is 3. The molecule has 2 aromatic heterocycles. The molecule has 1 aliphatic rings. The highest BCUT2D eigenvalue weighted by Gasteiger charge is 2.29. The van der Waals surface area contributed by atoms with Crippen molar-refractivity contribution in [1.82, 2.24) is 19.9 Å². The Labute approximate surface area is 117 Å². The molecule has 0 atom stereocenters. The number of aromatic nitrogens is 4. The molecule has 0 radical (unpaired) electrons. The second-order valence-electron chi connectivity index (χ2n) is 5.09. The standard InChI is InChI=1S/C13H20N6O/c1-3-4-14-13-18-11-10(15-7-16-11)12(19-13)17-8-5-9(6-8)20-2/h7-9H,3-6H2,1-2H3,(H3,14,15,16,17,18,19). The first-order chi connectivity index (χ1) is 9.80. The lowest BCUT2D eigenvalue weighted by molar-refractivity contribution is 0.0328. The minimum Gasteiger partial charge on any atom is -0.381 e. The molecule has 0 bridgehead atoms. The molecule has 0 amide bonds. The smallest absolute Gasteiger partial charge is 0.226 e. The number of ether oxygens (including phenoxy) is 1. The number of nitrogens with one attached hydrogen (secondary N) is 3. The first-order valence-corrected chi connectivity index (χ1v) is 7.04. The van der Waals surface area contributed by atoms with Gasteiger partial charge in [-0.25, -0.2) is 4.98 Å². The van der Waals surface area contributed by atoms with Crippen molar-refractivity contribution in [3.63, 3.8) is 0 Å². The summed E-state index contributed by atoms with van der Waals surface area (Å²) in [5, 5.41) is 6.65. The van der Waals surface area contributed by atoms with Crippen molar-refractivity contribution in [2.45, 2.75) is 38.3 Å². The van der Waals surface area contributed by atoms with E-state index >= 15 is 0 Å². The molecule has 0 aliphatic heterocycles. The van der Waals surface area contributed by atoms with E-state index in [1.165, 1.54) is 0 Å².